The van der Waals surface area contributed by atoms with Crippen LogP contribution in [0.5, 0.6) is 0 Å². The molecular formula is C37H38N10O3. The van der Waals surface area contributed by atoms with Crippen LogP contribution >= 0.6 is 0 Å². The minimum Gasteiger partial charge on any atom is -0.365 e. The number of nitrogens with one attached hydrogen (secondary N) is 2. The first kappa shape index (κ1) is 31.6. The van der Waals surface area contributed by atoms with E-state index in [4.69, 9.17) is 4.74 Å². The van der Waals surface area contributed by atoms with Crippen LogP contribution in [0, 0.1) is 12.8 Å². The number of carbonyl (C=O) groups excluding carboxylic acids is 2. The Hall–Kier alpha value is -5.69. The number of ether oxygens (including phenoxy) is 1. The highest BCUT2D eigenvalue weighted by atomic mass is 16.5. The van der Waals surface area contributed by atoms with Crippen molar-refractivity contribution in [2.75, 3.05) is 44.2 Å². The summed E-state index contributed by atoms with van der Waals surface area (Å²) in [5.41, 5.74) is 6.10. The maximum Gasteiger partial charge on any atom is 0.254 e. The van der Waals surface area contributed by atoms with E-state index in [0.29, 0.717) is 37.7 Å². The summed E-state index contributed by atoms with van der Waals surface area (Å²) in [5.74, 6) is 1.02. The quantitative estimate of drug-likeness (QED) is 0.245. The fourth-order valence-corrected chi connectivity index (χ4v) is 6.83. The zero-order valence-electron chi connectivity index (χ0n) is 27.8. The van der Waals surface area contributed by atoms with Gasteiger partial charge in [-0.3, -0.25) is 14.6 Å². The van der Waals surface area contributed by atoms with Gasteiger partial charge in [0.05, 0.1) is 36.8 Å². The summed E-state index contributed by atoms with van der Waals surface area (Å²) in [7, 11) is 0. The first-order valence-electron chi connectivity index (χ1n) is 17.1. The van der Waals surface area contributed by atoms with Crippen LogP contribution in [0.15, 0.2) is 79.4 Å². The van der Waals surface area contributed by atoms with Crippen LogP contribution in [0.25, 0.3) is 33.2 Å². The van der Waals surface area contributed by atoms with Gasteiger partial charge in [0.2, 0.25) is 0 Å². The molecule has 0 aliphatic carbocycles. The number of rotatable bonds is 8. The zero-order valence-corrected chi connectivity index (χ0v) is 27.8. The molecule has 6 heterocycles. The number of aromatic amines is 1. The lowest BCUT2D eigenvalue weighted by Crippen LogP contribution is -2.52. The number of morpholine rings is 1. The van der Waals surface area contributed by atoms with Crippen molar-refractivity contribution >= 4 is 39.6 Å². The fraction of sp³-hybridized carbons (Fsp3) is 0.324. The van der Waals surface area contributed by atoms with Crippen LogP contribution in [0.4, 0.5) is 5.82 Å². The first-order chi connectivity index (χ1) is 24.5. The molecule has 2 aliphatic rings. The number of piperidine rings is 1. The third-order valence-electron chi connectivity index (χ3n) is 9.67. The summed E-state index contributed by atoms with van der Waals surface area (Å²) >= 11 is 0. The second-order valence-electron chi connectivity index (χ2n) is 13.1. The highest BCUT2D eigenvalue weighted by Gasteiger charge is 2.31. The third-order valence-corrected chi connectivity index (χ3v) is 9.67. The van der Waals surface area contributed by atoms with Gasteiger partial charge in [0.25, 0.3) is 11.8 Å². The number of benzene rings is 2. The number of pyridine rings is 1. The standard InChI is InChI=1S/C37H38N10O3/c1-24-2-5-28-18-29(8-9-31(28)42-24)32-21-47(44-43-32)20-26-3-6-27(7-4-26)37(49)46-16-17-50-33(22-46)36(48)39-19-25-11-14-45(15-12-25)35-30-10-13-38-34(30)40-23-41-35/h2-10,13,18,21,23,25,33H,11-12,14-17,19-20,22H2,1H3,(H,39,48)(H,38,40,41). The Morgan fingerprint density at radius 2 is 1.86 bits per heavy atom. The molecule has 2 N–H and O–H groups in total. The lowest BCUT2D eigenvalue weighted by Gasteiger charge is -2.34. The largest absolute Gasteiger partial charge is 0.365 e. The molecule has 0 spiro atoms. The predicted octanol–water partition coefficient (Wildman–Crippen LogP) is 4.00. The lowest BCUT2D eigenvalue weighted by molar-refractivity contribution is -0.137. The molecule has 0 bridgehead atoms. The van der Waals surface area contributed by atoms with Crippen LogP contribution in [-0.2, 0) is 16.1 Å². The van der Waals surface area contributed by atoms with E-state index in [0.717, 1.165) is 76.2 Å². The van der Waals surface area contributed by atoms with Gasteiger partial charge in [-0.05, 0) is 67.6 Å². The number of nitrogens with zero attached hydrogens (tertiary/aromatic N) is 8. The number of hydrogen-bond donors (Lipinski definition) is 2. The first-order valence-corrected chi connectivity index (χ1v) is 17.1. The number of aryl methyl sites for hydroxylation is 1. The molecule has 0 saturated carbocycles. The Bertz CT molecular complexity index is 2150. The normalized spacial score (nSPS) is 17.0. The van der Waals surface area contributed by atoms with E-state index in [-0.39, 0.29) is 18.4 Å². The van der Waals surface area contributed by atoms with E-state index >= 15 is 0 Å². The smallest absolute Gasteiger partial charge is 0.254 e. The average molecular weight is 671 g/mol. The minimum absolute atomic E-state index is 0.115. The van der Waals surface area contributed by atoms with Crippen LogP contribution in [0.2, 0.25) is 0 Å². The Morgan fingerprint density at radius 1 is 1.00 bits per heavy atom. The molecule has 8 rings (SSSR count). The molecule has 254 valence electrons. The highest BCUT2D eigenvalue weighted by molar-refractivity contribution is 5.95. The zero-order chi connectivity index (χ0) is 34.0. The fourth-order valence-electron chi connectivity index (χ4n) is 6.83. The highest BCUT2D eigenvalue weighted by Crippen LogP contribution is 2.27. The monoisotopic (exact) mass is 670 g/mol. The molecule has 13 nitrogen and oxygen atoms in total. The molecule has 2 aromatic carbocycles. The number of anilines is 1. The van der Waals surface area contributed by atoms with E-state index in [2.05, 4.69) is 52.6 Å². The predicted molar refractivity (Wildman–Crippen MR) is 189 cm³/mol. The minimum atomic E-state index is -0.695. The molecule has 50 heavy (non-hydrogen) atoms. The number of amides is 2. The summed E-state index contributed by atoms with van der Waals surface area (Å²) in [4.78, 5) is 47.0. The molecule has 0 radical (unpaired) electrons. The Morgan fingerprint density at radius 3 is 2.72 bits per heavy atom. The van der Waals surface area contributed by atoms with Crippen LogP contribution < -0.4 is 10.2 Å². The van der Waals surface area contributed by atoms with E-state index in [1.165, 1.54) is 0 Å². The van der Waals surface area contributed by atoms with Gasteiger partial charge < -0.3 is 24.8 Å². The van der Waals surface area contributed by atoms with Gasteiger partial charge in [-0.2, -0.15) is 0 Å². The number of aromatic nitrogens is 7. The number of hydrogen-bond acceptors (Lipinski definition) is 9. The third kappa shape index (κ3) is 6.64. The topological polar surface area (TPSA) is 147 Å². The molecular weight excluding hydrogens is 632 g/mol. The maximum atomic E-state index is 13.4. The van der Waals surface area contributed by atoms with Crippen molar-refractivity contribution in [1.29, 1.82) is 0 Å². The van der Waals surface area contributed by atoms with Crippen LogP contribution in [-0.4, -0.2) is 97.1 Å². The SMILES string of the molecule is Cc1ccc2cc(-c3cn(Cc4ccc(C(=O)N5CCOC(C(=O)NCC6CCN(c7ncnc8[nH]ccc78)CC6)C5)cc4)nn3)ccc2n1. The van der Waals surface area contributed by atoms with Crippen molar-refractivity contribution in [2.24, 2.45) is 5.92 Å². The summed E-state index contributed by atoms with van der Waals surface area (Å²) in [5, 5.41) is 13.9. The molecule has 1 unspecified atom stereocenters. The van der Waals surface area contributed by atoms with Gasteiger partial charge in [-0.25, -0.2) is 14.6 Å². The molecule has 13 heteroatoms. The van der Waals surface area contributed by atoms with Crippen molar-refractivity contribution in [3.05, 3.63) is 96.2 Å². The molecule has 4 aromatic heterocycles. The average Bonchev–Trinajstić information content (AvgIpc) is 3.84. The maximum absolute atomic E-state index is 13.4. The number of carbonyl (C=O) groups is 2. The van der Waals surface area contributed by atoms with Gasteiger partial charge in [0, 0.05) is 54.6 Å². The lowest BCUT2D eigenvalue weighted by atomic mass is 9.96. The van der Waals surface area contributed by atoms with Crippen molar-refractivity contribution in [2.45, 2.75) is 32.4 Å². The van der Waals surface area contributed by atoms with Crippen molar-refractivity contribution in [3.8, 4) is 11.3 Å². The van der Waals surface area contributed by atoms with E-state index in [1.54, 1.807) is 15.9 Å². The van der Waals surface area contributed by atoms with Gasteiger partial charge in [-0.15, -0.1) is 5.10 Å². The van der Waals surface area contributed by atoms with E-state index in [1.807, 2.05) is 67.8 Å². The van der Waals surface area contributed by atoms with Gasteiger partial charge in [-0.1, -0.05) is 29.5 Å². The Labute approximate surface area is 288 Å². The van der Waals surface area contributed by atoms with Crippen molar-refractivity contribution in [3.63, 3.8) is 0 Å². The summed E-state index contributed by atoms with van der Waals surface area (Å²) in [6.07, 6.45) is 6.59. The van der Waals surface area contributed by atoms with Gasteiger partial charge >= 0.3 is 0 Å². The summed E-state index contributed by atoms with van der Waals surface area (Å²) in [6, 6.07) is 19.7. The van der Waals surface area contributed by atoms with E-state index < -0.39 is 6.10 Å². The second-order valence-corrected chi connectivity index (χ2v) is 13.1. The molecule has 2 saturated heterocycles. The molecule has 2 fully saturated rings. The Kier molecular flexibility index (Phi) is 8.63. The van der Waals surface area contributed by atoms with Crippen LogP contribution in [0.1, 0.15) is 34.5 Å². The molecule has 1 atom stereocenters. The summed E-state index contributed by atoms with van der Waals surface area (Å²) < 4.78 is 7.59. The molecule has 2 aliphatic heterocycles. The van der Waals surface area contributed by atoms with Gasteiger partial charge in [0.1, 0.15) is 23.5 Å². The van der Waals surface area contributed by atoms with Crippen molar-refractivity contribution < 1.29 is 14.3 Å². The van der Waals surface area contributed by atoms with E-state index in [9.17, 15) is 9.59 Å². The number of H-pyrrole nitrogens is 1. The summed E-state index contributed by atoms with van der Waals surface area (Å²) in [6.45, 7) is 5.78. The molecule has 2 amide bonds. The van der Waals surface area contributed by atoms with Crippen molar-refractivity contribution in [1.82, 2.24) is 45.1 Å². The molecule has 6 aromatic rings. The van der Waals surface area contributed by atoms with Gasteiger partial charge in [0.15, 0.2) is 6.10 Å². The number of fused-ring (bicyclic) bond motifs is 2. The Balaban J connectivity index is 0.818. The second kappa shape index (κ2) is 13.7. The van der Waals surface area contributed by atoms with Crippen LogP contribution in [0.3, 0.4) is 0 Å².